The summed E-state index contributed by atoms with van der Waals surface area (Å²) in [6.45, 7) is 4.92. The minimum absolute atomic E-state index is 0.0477. The third kappa shape index (κ3) is 1.84. The average molecular weight is 289 g/mol. The van der Waals surface area contributed by atoms with Crippen LogP contribution < -0.4 is 0 Å². The van der Waals surface area contributed by atoms with Crippen LogP contribution in [-0.2, 0) is 0 Å². The fraction of sp³-hybridized carbons (Fsp3) is 0.947. The quantitative estimate of drug-likeness (QED) is 0.681. The van der Waals surface area contributed by atoms with E-state index in [0.29, 0.717) is 5.41 Å². The summed E-state index contributed by atoms with van der Waals surface area (Å²) in [4.78, 5) is 0. The first-order chi connectivity index (χ1) is 9.95. The van der Waals surface area contributed by atoms with Crippen LogP contribution in [0.25, 0.3) is 0 Å². The summed E-state index contributed by atoms with van der Waals surface area (Å²) < 4.78 is 0. The summed E-state index contributed by atoms with van der Waals surface area (Å²) in [6, 6.07) is 0. The third-order valence-corrected chi connectivity index (χ3v) is 8.47. The number of aliphatic hydroxyl groups is 1. The second-order valence-corrected chi connectivity index (χ2v) is 9.10. The first-order valence-electron chi connectivity index (χ1n) is 9.19. The van der Waals surface area contributed by atoms with Crippen molar-refractivity contribution in [3.63, 3.8) is 0 Å². The Morgan fingerprint density at radius 1 is 0.952 bits per heavy atom. The SMILES string of the molecule is C[C@]12CCC(=N)CC1CCC1C2CC[C@@]2(C)C1CC[C@@H]2O. The molecule has 0 saturated heterocycles. The van der Waals surface area contributed by atoms with Crippen molar-refractivity contribution < 1.29 is 5.11 Å². The molecule has 118 valence electrons. The zero-order valence-corrected chi connectivity index (χ0v) is 13.7. The Hall–Kier alpha value is -0.370. The Morgan fingerprint density at radius 2 is 1.71 bits per heavy atom. The Morgan fingerprint density at radius 3 is 2.52 bits per heavy atom. The molecule has 21 heavy (non-hydrogen) atoms. The lowest BCUT2D eigenvalue weighted by Gasteiger charge is -2.60. The van der Waals surface area contributed by atoms with Gasteiger partial charge in [0.25, 0.3) is 0 Å². The number of rotatable bonds is 0. The molecule has 0 heterocycles. The van der Waals surface area contributed by atoms with Gasteiger partial charge in [0, 0.05) is 5.71 Å². The second kappa shape index (κ2) is 4.57. The van der Waals surface area contributed by atoms with E-state index in [0.717, 1.165) is 48.6 Å². The predicted octanol–water partition coefficient (Wildman–Crippen LogP) is 4.41. The van der Waals surface area contributed by atoms with Crippen LogP contribution in [0.15, 0.2) is 0 Å². The van der Waals surface area contributed by atoms with Crippen LogP contribution >= 0.6 is 0 Å². The summed E-state index contributed by atoms with van der Waals surface area (Å²) in [7, 11) is 0. The van der Waals surface area contributed by atoms with Gasteiger partial charge in [0.2, 0.25) is 0 Å². The minimum atomic E-state index is -0.0477. The molecule has 4 rings (SSSR count). The van der Waals surface area contributed by atoms with E-state index >= 15 is 0 Å². The Kier molecular flexibility index (Phi) is 3.10. The fourth-order valence-corrected chi connectivity index (χ4v) is 7.05. The van der Waals surface area contributed by atoms with Crippen LogP contribution in [0.2, 0.25) is 0 Å². The molecule has 0 radical (unpaired) electrons. The number of nitrogens with one attached hydrogen (secondary N) is 1. The van der Waals surface area contributed by atoms with Crippen molar-refractivity contribution in [2.24, 2.45) is 34.5 Å². The van der Waals surface area contributed by atoms with Gasteiger partial charge in [0.05, 0.1) is 6.10 Å². The molecule has 0 aromatic heterocycles. The fourth-order valence-electron chi connectivity index (χ4n) is 7.05. The Bertz CT molecular complexity index is 460. The van der Waals surface area contributed by atoms with Gasteiger partial charge in [0.15, 0.2) is 0 Å². The van der Waals surface area contributed by atoms with Crippen LogP contribution in [0.1, 0.15) is 71.6 Å². The molecule has 0 bridgehead atoms. The number of hydrogen-bond donors (Lipinski definition) is 2. The smallest absolute Gasteiger partial charge is 0.0596 e. The first-order valence-corrected chi connectivity index (χ1v) is 9.19. The average Bonchev–Trinajstić information content (AvgIpc) is 2.76. The molecule has 0 aliphatic heterocycles. The van der Waals surface area contributed by atoms with Gasteiger partial charge in [-0.1, -0.05) is 13.8 Å². The van der Waals surface area contributed by atoms with Gasteiger partial charge in [-0.25, -0.2) is 0 Å². The van der Waals surface area contributed by atoms with E-state index in [1.165, 1.54) is 38.5 Å². The molecule has 7 atom stereocenters. The van der Waals surface area contributed by atoms with Crippen LogP contribution in [-0.4, -0.2) is 16.9 Å². The summed E-state index contributed by atoms with van der Waals surface area (Å²) in [5.41, 5.74) is 1.71. The second-order valence-electron chi connectivity index (χ2n) is 9.10. The Labute approximate surface area is 129 Å². The van der Waals surface area contributed by atoms with E-state index in [1.54, 1.807) is 0 Å². The standard InChI is InChI=1S/C19H31NO/c1-18-9-7-13(20)11-12(18)3-4-14-15-5-6-17(21)19(15,2)10-8-16(14)18/h12,14-17,20-21H,3-11H2,1-2H3/t12?,14?,15?,16?,17-,18-,19-/m0/s1. The number of aliphatic hydroxyl groups excluding tert-OH is 1. The van der Waals surface area contributed by atoms with Gasteiger partial charge >= 0.3 is 0 Å². The highest BCUT2D eigenvalue weighted by Gasteiger charge is 2.59. The lowest BCUT2D eigenvalue weighted by Crippen LogP contribution is -2.54. The van der Waals surface area contributed by atoms with Gasteiger partial charge in [-0.15, -0.1) is 0 Å². The van der Waals surface area contributed by atoms with Crippen molar-refractivity contribution >= 4 is 5.71 Å². The van der Waals surface area contributed by atoms with Crippen molar-refractivity contribution in [3.05, 3.63) is 0 Å². The van der Waals surface area contributed by atoms with Crippen molar-refractivity contribution in [3.8, 4) is 0 Å². The zero-order valence-electron chi connectivity index (χ0n) is 13.7. The van der Waals surface area contributed by atoms with E-state index in [2.05, 4.69) is 13.8 Å². The molecule has 0 aromatic carbocycles. The molecule has 4 unspecified atom stereocenters. The zero-order chi connectivity index (χ0) is 14.8. The highest BCUT2D eigenvalue weighted by atomic mass is 16.3. The monoisotopic (exact) mass is 289 g/mol. The molecular formula is C19H31NO. The van der Waals surface area contributed by atoms with Gasteiger partial charge in [-0.3, -0.25) is 0 Å². The molecule has 0 amide bonds. The normalized spacial score (nSPS) is 56.5. The lowest BCUT2D eigenvalue weighted by molar-refractivity contribution is -0.112. The third-order valence-electron chi connectivity index (χ3n) is 8.47. The van der Waals surface area contributed by atoms with Crippen molar-refractivity contribution in [2.45, 2.75) is 77.7 Å². The predicted molar refractivity (Wildman–Crippen MR) is 85.5 cm³/mol. The molecular weight excluding hydrogens is 258 g/mol. The van der Waals surface area contributed by atoms with Crippen LogP contribution in [0, 0.1) is 39.9 Å². The van der Waals surface area contributed by atoms with Crippen molar-refractivity contribution in [1.82, 2.24) is 0 Å². The van der Waals surface area contributed by atoms with Gasteiger partial charge in [-0.2, -0.15) is 0 Å². The summed E-state index contributed by atoms with van der Waals surface area (Å²) >= 11 is 0. The van der Waals surface area contributed by atoms with E-state index < -0.39 is 0 Å². The molecule has 4 aliphatic carbocycles. The van der Waals surface area contributed by atoms with Gasteiger partial charge in [0.1, 0.15) is 0 Å². The summed E-state index contributed by atoms with van der Waals surface area (Å²) in [6.07, 6.45) is 10.9. The number of fused-ring (bicyclic) bond motifs is 5. The van der Waals surface area contributed by atoms with Crippen LogP contribution in [0.5, 0.6) is 0 Å². The maximum absolute atomic E-state index is 10.5. The lowest BCUT2D eigenvalue weighted by atomic mass is 9.45. The van der Waals surface area contributed by atoms with E-state index in [9.17, 15) is 5.11 Å². The molecule has 2 nitrogen and oxygen atoms in total. The molecule has 0 spiro atoms. The molecule has 2 heteroatoms. The molecule has 4 aliphatic rings. The van der Waals surface area contributed by atoms with Crippen LogP contribution in [0.4, 0.5) is 0 Å². The topological polar surface area (TPSA) is 44.1 Å². The molecule has 0 aromatic rings. The molecule has 2 N–H and O–H groups in total. The van der Waals surface area contributed by atoms with E-state index in [4.69, 9.17) is 5.41 Å². The summed E-state index contributed by atoms with van der Waals surface area (Å²) in [5.74, 6) is 3.27. The van der Waals surface area contributed by atoms with Gasteiger partial charge in [-0.05, 0) is 92.3 Å². The van der Waals surface area contributed by atoms with Crippen molar-refractivity contribution in [2.75, 3.05) is 0 Å². The Balaban J connectivity index is 1.64. The summed E-state index contributed by atoms with van der Waals surface area (Å²) in [5, 5.41) is 18.5. The largest absolute Gasteiger partial charge is 0.393 e. The molecule has 4 fully saturated rings. The highest BCUT2D eigenvalue weighted by molar-refractivity contribution is 5.82. The number of hydrogen-bond acceptors (Lipinski definition) is 2. The maximum atomic E-state index is 10.5. The highest BCUT2D eigenvalue weighted by Crippen LogP contribution is 2.65. The van der Waals surface area contributed by atoms with Crippen LogP contribution in [0.3, 0.4) is 0 Å². The van der Waals surface area contributed by atoms with E-state index in [1.807, 2.05) is 0 Å². The van der Waals surface area contributed by atoms with Crippen molar-refractivity contribution in [1.29, 1.82) is 5.41 Å². The molecule has 4 saturated carbocycles. The van der Waals surface area contributed by atoms with Gasteiger partial charge < -0.3 is 10.5 Å². The van der Waals surface area contributed by atoms with E-state index in [-0.39, 0.29) is 11.5 Å². The maximum Gasteiger partial charge on any atom is 0.0596 e. The minimum Gasteiger partial charge on any atom is -0.393 e. The first kappa shape index (κ1) is 14.2.